The van der Waals surface area contributed by atoms with Gasteiger partial charge < -0.3 is 18.6 Å². The maximum atomic E-state index is 13.2. The van der Waals surface area contributed by atoms with Gasteiger partial charge in [0.15, 0.2) is 0 Å². The summed E-state index contributed by atoms with van der Waals surface area (Å²) < 4.78 is 13.5. The van der Waals surface area contributed by atoms with Gasteiger partial charge in [0, 0.05) is 60.2 Å². The molecule has 0 N–H and O–H groups in total. The Morgan fingerprint density at radius 1 is 1.08 bits per heavy atom. The molecule has 2 aliphatic heterocycles. The molecule has 1 amide bonds. The number of aryl methyl sites for hydroxylation is 2. The minimum absolute atomic E-state index is 0.0345. The molecule has 2 bridgehead atoms. The summed E-state index contributed by atoms with van der Waals surface area (Å²) in [5.41, 5.74) is 4.56. The zero-order chi connectivity index (χ0) is 26.3. The number of fused-ring (bicyclic) bond motifs is 5. The molecule has 7 heteroatoms. The van der Waals surface area contributed by atoms with Crippen molar-refractivity contribution in [2.24, 2.45) is 5.92 Å². The Morgan fingerprint density at radius 3 is 2.68 bits per heavy atom. The largest absolute Gasteiger partial charge is 0.489 e. The van der Waals surface area contributed by atoms with Gasteiger partial charge in [-0.2, -0.15) is 0 Å². The number of amides is 1. The van der Waals surface area contributed by atoms with Crippen LogP contribution in [0.25, 0.3) is 11.0 Å². The monoisotopic (exact) mass is 502 g/mol. The van der Waals surface area contributed by atoms with Crippen LogP contribution in [-0.2, 0) is 17.8 Å². The van der Waals surface area contributed by atoms with Crippen LogP contribution in [0.5, 0.6) is 5.75 Å². The normalized spacial score (nSPS) is 18.4. The number of aromatic nitrogens is 1. The topological polar surface area (TPSA) is 81.8 Å². The van der Waals surface area contributed by atoms with Crippen LogP contribution in [0.3, 0.4) is 0 Å². The minimum atomic E-state index is -0.397. The molecule has 3 aromatic rings. The SMILES string of the molecule is CC(C)=CCOc1ccc2c(C)c(CCC(=O)N3CC4CC(C3)c3cccc(=O)n3C4)c(=O)oc2c1C. The number of carbonyl (C=O) groups excluding carboxylic acids is 1. The van der Waals surface area contributed by atoms with Gasteiger partial charge >= 0.3 is 5.63 Å². The molecule has 2 unspecified atom stereocenters. The summed E-state index contributed by atoms with van der Waals surface area (Å²) in [6, 6.07) is 9.24. The first-order valence-electron chi connectivity index (χ1n) is 13.0. The van der Waals surface area contributed by atoms with Crippen LogP contribution in [-0.4, -0.2) is 35.1 Å². The molecule has 4 heterocycles. The summed E-state index contributed by atoms with van der Waals surface area (Å²) in [6.07, 6.45) is 3.59. The smallest absolute Gasteiger partial charge is 0.339 e. The summed E-state index contributed by atoms with van der Waals surface area (Å²) in [5, 5.41) is 0.865. The van der Waals surface area contributed by atoms with Crippen molar-refractivity contribution in [3.05, 3.63) is 85.1 Å². The van der Waals surface area contributed by atoms with E-state index in [0.29, 0.717) is 49.6 Å². The van der Waals surface area contributed by atoms with Gasteiger partial charge in [-0.3, -0.25) is 9.59 Å². The summed E-state index contributed by atoms with van der Waals surface area (Å²) in [5.74, 6) is 1.18. The van der Waals surface area contributed by atoms with Gasteiger partial charge in [-0.05, 0) is 76.3 Å². The van der Waals surface area contributed by atoms with Crippen molar-refractivity contribution in [1.29, 1.82) is 0 Å². The zero-order valence-electron chi connectivity index (χ0n) is 22.0. The van der Waals surface area contributed by atoms with Gasteiger partial charge in [-0.1, -0.05) is 11.6 Å². The van der Waals surface area contributed by atoms with Crippen LogP contribution in [0.4, 0.5) is 0 Å². The lowest BCUT2D eigenvalue weighted by molar-refractivity contribution is -0.133. The summed E-state index contributed by atoms with van der Waals surface area (Å²) in [6.45, 7) is 10.2. The first kappa shape index (κ1) is 25.1. The van der Waals surface area contributed by atoms with E-state index in [4.69, 9.17) is 9.15 Å². The van der Waals surface area contributed by atoms with E-state index in [9.17, 15) is 14.4 Å². The molecule has 1 saturated heterocycles. The molecule has 2 atom stereocenters. The van der Waals surface area contributed by atoms with Crippen molar-refractivity contribution < 1.29 is 13.9 Å². The third kappa shape index (κ3) is 4.87. The fourth-order valence-electron chi connectivity index (χ4n) is 5.80. The Hall–Kier alpha value is -3.61. The van der Waals surface area contributed by atoms with E-state index in [1.165, 1.54) is 5.57 Å². The first-order valence-corrected chi connectivity index (χ1v) is 13.0. The van der Waals surface area contributed by atoms with Gasteiger partial charge in [0.2, 0.25) is 5.91 Å². The van der Waals surface area contributed by atoms with E-state index in [0.717, 1.165) is 28.6 Å². The van der Waals surface area contributed by atoms with Crippen molar-refractivity contribution >= 4 is 16.9 Å². The number of ether oxygens (including phenoxy) is 1. The number of rotatable bonds is 6. The fraction of sp³-hybridized carbons (Fsp3) is 0.433. The second-order valence-corrected chi connectivity index (χ2v) is 10.6. The van der Waals surface area contributed by atoms with Crippen LogP contribution < -0.4 is 15.9 Å². The molecular formula is C30H34N2O5. The lowest BCUT2D eigenvalue weighted by atomic mass is 9.83. The molecule has 2 aromatic heterocycles. The number of piperidine rings is 1. The highest BCUT2D eigenvalue weighted by Crippen LogP contribution is 2.35. The van der Waals surface area contributed by atoms with E-state index >= 15 is 0 Å². The molecule has 0 aliphatic carbocycles. The van der Waals surface area contributed by atoms with Crippen LogP contribution in [0, 0.1) is 19.8 Å². The Labute approximate surface area is 216 Å². The molecule has 37 heavy (non-hydrogen) atoms. The Bertz CT molecular complexity index is 1510. The number of allylic oxidation sites excluding steroid dienone is 1. The maximum Gasteiger partial charge on any atom is 0.339 e. The highest BCUT2D eigenvalue weighted by Gasteiger charge is 2.36. The van der Waals surface area contributed by atoms with E-state index in [2.05, 4.69) is 0 Å². The lowest BCUT2D eigenvalue weighted by Gasteiger charge is -2.42. The van der Waals surface area contributed by atoms with Gasteiger partial charge in [-0.15, -0.1) is 0 Å². The third-order valence-corrected chi connectivity index (χ3v) is 7.81. The molecule has 2 aliphatic rings. The van der Waals surface area contributed by atoms with E-state index in [1.807, 2.05) is 61.4 Å². The second kappa shape index (κ2) is 10.0. The second-order valence-electron chi connectivity index (χ2n) is 10.6. The van der Waals surface area contributed by atoms with Crippen molar-refractivity contribution in [3.8, 4) is 5.75 Å². The molecule has 1 fully saturated rings. The molecule has 7 nitrogen and oxygen atoms in total. The van der Waals surface area contributed by atoms with Gasteiger partial charge in [0.05, 0.1) is 0 Å². The highest BCUT2D eigenvalue weighted by atomic mass is 16.5. The molecule has 0 radical (unpaired) electrons. The quantitative estimate of drug-likeness (QED) is 0.366. The Balaban J connectivity index is 1.31. The molecule has 0 spiro atoms. The molecular weight excluding hydrogens is 468 g/mol. The first-order chi connectivity index (χ1) is 17.7. The van der Waals surface area contributed by atoms with Gasteiger partial charge in [-0.25, -0.2) is 4.79 Å². The van der Waals surface area contributed by atoms with Crippen molar-refractivity contribution in [1.82, 2.24) is 9.47 Å². The number of pyridine rings is 1. The highest BCUT2D eigenvalue weighted by molar-refractivity contribution is 5.86. The van der Waals surface area contributed by atoms with Crippen molar-refractivity contribution in [2.75, 3.05) is 19.7 Å². The number of carbonyl (C=O) groups is 1. The fourth-order valence-corrected chi connectivity index (χ4v) is 5.80. The van der Waals surface area contributed by atoms with Crippen molar-refractivity contribution in [3.63, 3.8) is 0 Å². The predicted octanol–water partition coefficient (Wildman–Crippen LogP) is 4.50. The summed E-state index contributed by atoms with van der Waals surface area (Å²) in [4.78, 5) is 40.4. The van der Waals surface area contributed by atoms with E-state index in [1.54, 1.807) is 12.1 Å². The van der Waals surface area contributed by atoms with Crippen LogP contribution in [0.15, 0.2) is 56.0 Å². The number of nitrogens with zero attached hydrogens (tertiary/aromatic N) is 2. The molecule has 194 valence electrons. The van der Waals surface area contributed by atoms with Crippen LogP contribution in [0.1, 0.15) is 55.0 Å². The Morgan fingerprint density at radius 2 is 1.89 bits per heavy atom. The third-order valence-electron chi connectivity index (χ3n) is 7.81. The molecule has 1 aromatic carbocycles. The zero-order valence-corrected chi connectivity index (χ0v) is 22.0. The lowest BCUT2D eigenvalue weighted by Crippen LogP contribution is -2.49. The van der Waals surface area contributed by atoms with Gasteiger partial charge in [0.1, 0.15) is 17.9 Å². The number of hydrogen-bond donors (Lipinski definition) is 0. The van der Waals surface area contributed by atoms with Crippen molar-refractivity contribution in [2.45, 2.75) is 59.4 Å². The molecule has 0 saturated carbocycles. The average molecular weight is 503 g/mol. The number of likely N-dealkylation sites (tertiary alicyclic amines) is 1. The van der Waals surface area contributed by atoms with Crippen LogP contribution in [0.2, 0.25) is 0 Å². The van der Waals surface area contributed by atoms with Gasteiger partial charge in [0.25, 0.3) is 5.56 Å². The van der Waals surface area contributed by atoms with E-state index in [-0.39, 0.29) is 29.7 Å². The predicted molar refractivity (Wildman–Crippen MR) is 143 cm³/mol. The molecule has 5 rings (SSSR count). The standard InChI is InChI=1S/C30H34N2O5/c1-18(2)12-13-36-26-10-8-23-19(3)24(30(35)37-29(23)20(26)4)9-11-27(33)31-15-21-14-22(17-31)25-6-5-7-28(34)32(25)16-21/h5-8,10,12,21-22H,9,11,13-17H2,1-4H3. The minimum Gasteiger partial charge on any atom is -0.489 e. The Kier molecular flexibility index (Phi) is 6.80. The van der Waals surface area contributed by atoms with Crippen LogP contribution >= 0.6 is 0 Å². The number of hydrogen-bond acceptors (Lipinski definition) is 5. The average Bonchev–Trinajstić information content (AvgIpc) is 2.86. The number of benzene rings is 1. The van der Waals surface area contributed by atoms with E-state index < -0.39 is 5.63 Å². The summed E-state index contributed by atoms with van der Waals surface area (Å²) >= 11 is 0. The summed E-state index contributed by atoms with van der Waals surface area (Å²) in [7, 11) is 0. The maximum absolute atomic E-state index is 13.2.